The molecule has 0 aliphatic heterocycles. The van der Waals surface area contributed by atoms with E-state index in [0.717, 1.165) is 0 Å². The summed E-state index contributed by atoms with van der Waals surface area (Å²) in [6, 6.07) is 0. The van der Waals surface area contributed by atoms with Crippen LogP contribution in [0.1, 0.15) is 0 Å². The molecule has 0 heterocycles. The summed E-state index contributed by atoms with van der Waals surface area (Å²) in [5.74, 6) is 0. The van der Waals surface area contributed by atoms with Gasteiger partial charge in [-0.25, -0.2) is 16.8 Å². The van der Waals surface area contributed by atoms with Gasteiger partial charge in [0.25, 0.3) is 0 Å². The Balaban J connectivity index is 0. The largest absolute Gasteiger partial charge is 2.00 e. The Hall–Kier alpha value is 1.39. The van der Waals surface area contributed by atoms with Crippen LogP contribution in [0, 0.1) is 0 Å². The molecule has 0 spiro atoms. The maximum atomic E-state index is 9.20. The van der Waals surface area contributed by atoms with Gasteiger partial charge >= 0.3 is 48.9 Å². The van der Waals surface area contributed by atoms with Crippen molar-refractivity contribution in [1.29, 1.82) is 0 Å². The molecule has 0 bridgehead atoms. The molecule has 0 aromatic rings. The van der Waals surface area contributed by atoms with Crippen LogP contribution >= 0.6 is 0 Å². The summed E-state index contributed by atoms with van der Waals surface area (Å²) < 4.78 is 55.2. The molecule has 0 N–H and O–H groups in total. The van der Waals surface area contributed by atoms with Crippen LogP contribution in [-0.2, 0) is 18.3 Å². The van der Waals surface area contributed by atoms with Gasteiger partial charge in [-0.15, -0.1) is 0 Å². The van der Waals surface area contributed by atoms with E-state index in [2.05, 4.69) is 0 Å². The van der Waals surface area contributed by atoms with E-state index in [0.29, 0.717) is 0 Å². The van der Waals surface area contributed by atoms with E-state index in [-0.39, 0.29) is 48.9 Å². The van der Waals surface area contributed by atoms with Crippen LogP contribution in [0.3, 0.4) is 0 Å². The molecular weight excluding hydrogens is 297 g/mol. The third-order valence-corrected chi connectivity index (χ3v) is 2.25. The van der Waals surface area contributed by atoms with Gasteiger partial charge in [0.05, 0.1) is 0 Å². The zero-order chi connectivity index (χ0) is 7.00. The van der Waals surface area contributed by atoms with Crippen molar-refractivity contribution in [3.05, 3.63) is 0 Å². The van der Waals surface area contributed by atoms with E-state index in [1.54, 1.807) is 0 Å². The summed E-state index contributed by atoms with van der Waals surface area (Å²) in [5.41, 5.74) is 0. The maximum absolute atomic E-state index is 9.20. The fourth-order valence-corrected chi connectivity index (χ4v) is 0. The molecule has 0 unspecified atom stereocenters. The van der Waals surface area contributed by atoms with Gasteiger partial charge in [0, 0.05) is 0 Å². The van der Waals surface area contributed by atoms with E-state index in [1.165, 1.54) is 0 Å². The number of hydrogen-bond donors (Lipinski definition) is 0. The molecule has 6 nitrogen and oxygen atoms in total. The molecule has 0 rings (SSSR count). The summed E-state index contributed by atoms with van der Waals surface area (Å²) in [4.78, 5) is 0. The molecule has 0 saturated heterocycles. The third-order valence-electron chi connectivity index (χ3n) is 0.250. The Labute approximate surface area is 91.6 Å². The Morgan fingerprint density at radius 2 is 0.889 bits per heavy atom. The van der Waals surface area contributed by atoms with Crippen molar-refractivity contribution < 1.29 is 25.9 Å². The van der Waals surface area contributed by atoms with Crippen LogP contribution in [0.2, 0.25) is 0 Å². The summed E-state index contributed by atoms with van der Waals surface area (Å²) in [6.07, 6.45) is 0. The maximum Gasteiger partial charge on any atom is 2.00 e. The molecule has 0 radical (unpaired) electrons. The first kappa shape index (κ1) is 13.0. The van der Waals surface area contributed by atoms with E-state index < -0.39 is 18.3 Å². The third kappa shape index (κ3) is 4.75. The predicted octanol–water partition coefficient (Wildman–Crippen LogP) is -2.39. The first-order valence-electron chi connectivity index (χ1n) is 1.17. The zero-order valence-corrected chi connectivity index (χ0v) is 10.0. The molecule has 9 heteroatoms. The van der Waals surface area contributed by atoms with Gasteiger partial charge < -0.3 is 9.11 Å². The smallest absolute Gasteiger partial charge is 0.736 e. The topological polar surface area (TPSA) is 114 Å². The second kappa shape index (κ2) is 3.69. The number of rotatable bonds is 1. The molecule has 0 aliphatic rings. The average molecular weight is 297 g/mol. The monoisotopic (exact) mass is 298 g/mol. The Kier molecular flexibility index (Phi) is 5.33. The number of hydrogen-bond acceptors (Lipinski definition) is 6. The molecule has 0 atom stereocenters. The molecule has 0 aliphatic carbocycles. The summed E-state index contributed by atoms with van der Waals surface area (Å²) in [7, 11) is -11.3. The quantitative estimate of drug-likeness (QED) is 0.303. The van der Waals surface area contributed by atoms with E-state index >= 15 is 0 Å². The van der Waals surface area contributed by atoms with E-state index in [4.69, 9.17) is 0 Å². The molecule has 9 heavy (non-hydrogen) atoms. The van der Waals surface area contributed by atoms with Gasteiger partial charge in [-0.3, -0.25) is 0 Å². The second-order valence-electron chi connectivity index (χ2n) is 0.816. The van der Waals surface area contributed by atoms with Gasteiger partial charge in [-0.1, -0.05) is 0 Å². The van der Waals surface area contributed by atoms with Crippen LogP contribution < -0.4 is 0 Å². The molecule has 0 fully saturated rings. The minimum atomic E-state index is -5.67. The van der Waals surface area contributed by atoms with Crippen LogP contribution in [0.15, 0.2) is 0 Å². The van der Waals surface area contributed by atoms with Gasteiger partial charge in [0.1, 0.15) is 0 Å². The van der Waals surface area contributed by atoms with E-state index in [1.807, 2.05) is 0 Å². The van der Waals surface area contributed by atoms with Crippen molar-refractivity contribution in [3.8, 4) is 0 Å². The second-order valence-corrected chi connectivity index (χ2v) is 4.90. The van der Waals surface area contributed by atoms with Crippen LogP contribution in [0.5, 0.6) is 0 Å². The summed E-state index contributed by atoms with van der Waals surface area (Å²) in [6.45, 7) is 0. The van der Waals surface area contributed by atoms with Gasteiger partial charge in [-0.2, -0.15) is 0 Å². The van der Waals surface area contributed by atoms with Crippen molar-refractivity contribution in [2.45, 2.75) is 0 Å². The Bertz CT molecular complexity index is 223. The molecule has 0 amide bonds. The van der Waals surface area contributed by atoms with Crippen molar-refractivity contribution >= 4 is 67.2 Å². The molecule has 0 saturated carbocycles. The van der Waals surface area contributed by atoms with Crippen molar-refractivity contribution in [2.24, 2.45) is 0 Å². The molecule has 0 aromatic heterocycles. The Morgan fingerprint density at radius 3 is 0.889 bits per heavy atom. The normalized spacial score (nSPS) is 12.2. The van der Waals surface area contributed by atoms with E-state index in [9.17, 15) is 25.9 Å². The van der Waals surface area contributed by atoms with Gasteiger partial charge in [-0.05, 0) is 0 Å². The Morgan fingerprint density at radius 1 is 0.778 bits per heavy atom. The first-order valence-corrected chi connectivity index (χ1v) is 4.50. The van der Waals surface area contributed by atoms with Crippen LogP contribution in [0.4, 0.5) is 0 Å². The molecule has 50 valence electrons. The van der Waals surface area contributed by atoms with Crippen molar-refractivity contribution in [3.63, 3.8) is 0 Å². The molecular formula is BaO6S2. The van der Waals surface area contributed by atoms with Gasteiger partial charge in [0.15, 0.2) is 18.3 Å². The predicted molar refractivity (Wildman–Crippen MR) is 25.1 cm³/mol. The first-order chi connectivity index (χ1) is 3.25. The minimum Gasteiger partial charge on any atom is -0.736 e. The van der Waals surface area contributed by atoms with Crippen LogP contribution in [-0.4, -0.2) is 74.8 Å². The average Bonchev–Trinajstić information content (AvgIpc) is 1.25. The molecule has 0 aromatic carbocycles. The minimum absolute atomic E-state index is 0. The van der Waals surface area contributed by atoms with Crippen molar-refractivity contribution in [2.75, 3.05) is 0 Å². The fraction of sp³-hybridized carbons (Fsp3) is 0. The zero-order valence-electron chi connectivity index (χ0n) is 3.97. The van der Waals surface area contributed by atoms with Gasteiger partial charge in [0.2, 0.25) is 0 Å². The fourth-order valence-electron chi connectivity index (χ4n) is 0. The summed E-state index contributed by atoms with van der Waals surface area (Å²) in [5, 5.41) is 0. The summed E-state index contributed by atoms with van der Waals surface area (Å²) >= 11 is 0. The van der Waals surface area contributed by atoms with Crippen molar-refractivity contribution in [1.82, 2.24) is 0 Å². The van der Waals surface area contributed by atoms with Crippen LogP contribution in [0.25, 0.3) is 0 Å². The SMILES string of the molecule is O=S(=O)([O-])S(=O)(=O)[O-].[Ba+2]. The standard InChI is InChI=1S/Ba.H2O6S2/c;1-7(2,3)8(4,5)6/h;(H,1,2,3)(H,4,5,6)/q+2;/p-2.